The standard InChI is InChI=1S/C15H23N3O2/c1-2-8-16-14-7-3-6-13(18-14)15(19)17-10-12-5-4-9-20-11-12/h3,6-7,12H,2,4-5,8-11H2,1H3,(H,16,18)(H,17,19). The summed E-state index contributed by atoms with van der Waals surface area (Å²) in [5.41, 5.74) is 0.461. The van der Waals surface area contributed by atoms with Gasteiger partial charge < -0.3 is 15.4 Å². The molecule has 1 atom stereocenters. The van der Waals surface area contributed by atoms with Crippen molar-refractivity contribution in [2.45, 2.75) is 26.2 Å². The third-order valence-corrected chi connectivity index (χ3v) is 3.34. The SMILES string of the molecule is CCCNc1cccc(C(=O)NCC2CCCOC2)n1. The molecule has 1 aromatic heterocycles. The topological polar surface area (TPSA) is 63.2 Å². The lowest BCUT2D eigenvalue weighted by molar-refractivity contribution is 0.0535. The van der Waals surface area contributed by atoms with Crippen molar-refractivity contribution in [3.63, 3.8) is 0 Å². The molecule has 1 aliphatic heterocycles. The van der Waals surface area contributed by atoms with Crippen LogP contribution in [0.25, 0.3) is 0 Å². The first-order chi connectivity index (χ1) is 9.79. The van der Waals surface area contributed by atoms with Crippen molar-refractivity contribution in [3.05, 3.63) is 23.9 Å². The molecule has 0 bridgehead atoms. The van der Waals surface area contributed by atoms with Crippen LogP contribution in [-0.4, -0.2) is 37.2 Å². The van der Waals surface area contributed by atoms with E-state index in [4.69, 9.17) is 4.74 Å². The lowest BCUT2D eigenvalue weighted by atomic mass is 10.0. The van der Waals surface area contributed by atoms with Gasteiger partial charge in [0.15, 0.2) is 0 Å². The number of nitrogens with zero attached hydrogens (tertiary/aromatic N) is 1. The normalized spacial score (nSPS) is 18.6. The van der Waals surface area contributed by atoms with Crippen LogP contribution in [-0.2, 0) is 4.74 Å². The lowest BCUT2D eigenvalue weighted by Gasteiger charge is -2.22. The molecule has 1 fully saturated rings. The highest BCUT2D eigenvalue weighted by Crippen LogP contribution is 2.12. The summed E-state index contributed by atoms with van der Waals surface area (Å²) in [6.07, 6.45) is 3.22. The Bertz CT molecular complexity index is 431. The first kappa shape index (κ1) is 14.8. The van der Waals surface area contributed by atoms with Gasteiger partial charge in [0, 0.05) is 19.7 Å². The highest BCUT2D eigenvalue weighted by atomic mass is 16.5. The van der Waals surface area contributed by atoms with E-state index in [9.17, 15) is 4.79 Å². The second-order valence-corrected chi connectivity index (χ2v) is 5.13. The maximum atomic E-state index is 12.1. The third kappa shape index (κ3) is 4.49. The van der Waals surface area contributed by atoms with Crippen LogP contribution in [0, 0.1) is 5.92 Å². The molecule has 0 saturated carbocycles. The zero-order chi connectivity index (χ0) is 14.2. The van der Waals surface area contributed by atoms with Crippen molar-refractivity contribution < 1.29 is 9.53 Å². The molecule has 5 heteroatoms. The fourth-order valence-corrected chi connectivity index (χ4v) is 2.21. The van der Waals surface area contributed by atoms with E-state index in [1.54, 1.807) is 6.07 Å². The predicted molar refractivity (Wildman–Crippen MR) is 78.9 cm³/mol. The van der Waals surface area contributed by atoms with Crippen LogP contribution in [0.1, 0.15) is 36.7 Å². The summed E-state index contributed by atoms with van der Waals surface area (Å²) in [6, 6.07) is 5.47. The molecule has 1 unspecified atom stereocenters. The lowest BCUT2D eigenvalue weighted by Crippen LogP contribution is -2.33. The second kappa shape index (κ2) is 7.85. The summed E-state index contributed by atoms with van der Waals surface area (Å²) >= 11 is 0. The van der Waals surface area contributed by atoms with Gasteiger partial charge in [0.05, 0.1) is 6.61 Å². The van der Waals surface area contributed by atoms with Crippen molar-refractivity contribution in [1.82, 2.24) is 10.3 Å². The Morgan fingerprint density at radius 2 is 2.40 bits per heavy atom. The van der Waals surface area contributed by atoms with Crippen molar-refractivity contribution in [2.24, 2.45) is 5.92 Å². The van der Waals surface area contributed by atoms with Crippen molar-refractivity contribution in [2.75, 3.05) is 31.6 Å². The summed E-state index contributed by atoms with van der Waals surface area (Å²) < 4.78 is 5.41. The zero-order valence-corrected chi connectivity index (χ0v) is 12.0. The Hall–Kier alpha value is -1.62. The van der Waals surface area contributed by atoms with E-state index < -0.39 is 0 Å². The van der Waals surface area contributed by atoms with E-state index in [1.165, 1.54) is 0 Å². The molecule has 0 aromatic carbocycles. The second-order valence-electron chi connectivity index (χ2n) is 5.13. The molecule has 1 aliphatic rings. The van der Waals surface area contributed by atoms with Gasteiger partial charge in [-0.1, -0.05) is 13.0 Å². The third-order valence-electron chi connectivity index (χ3n) is 3.34. The average Bonchev–Trinajstić information content (AvgIpc) is 2.52. The fourth-order valence-electron chi connectivity index (χ4n) is 2.21. The first-order valence-corrected chi connectivity index (χ1v) is 7.36. The van der Waals surface area contributed by atoms with Crippen molar-refractivity contribution in [1.29, 1.82) is 0 Å². The number of nitrogens with one attached hydrogen (secondary N) is 2. The van der Waals surface area contributed by atoms with E-state index in [0.717, 1.165) is 44.8 Å². The quantitative estimate of drug-likeness (QED) is 0.835. The number of amides is 1. The molecule has 110 valence electrons. The van der Waals surface area contributed by atoms with Crippen molar-refractivity contribution >= 4 is 11.7 Å². The Morgan fingerprint density at radius 1 is 1.50 bits per heavy atom. The number of hydrogen-bond acceptors (Lipinski definition) is 4. The van der Waals surface area contributed by atoms with Crippen LogP contribution in [0.15, 0.2) is 18.2 Å². The maximum absolute atomic E-state index is 12.1. The van der Waals surface area contributed by atoms with Gasteiger partial charge in [-0.2, -0.15) is 0 Å². The highest BCUT2D eigenvalue weighted by Gasteiger charge is 2.15. The van der Waals surface area contributed by atoms with E-state index >= 15 is 0 Å². The molecule has 5 nitrogen and oxygen atoms in total. The molecule has 2 heterocycles. The van der Waals surface area contributed by atoms with Crippen molar-refractivity contribution in [3.8, 4) is 0 Å². The average molecular weight is 277 g/mol. The molecule has 0 radical (unpaired) electrons. The van der Waals surface area contributed by atoms with E-state index in [0.29, 0.717) is 18.2 Å². The number of carbonyl (C=O) groups excluding carboxylic acids is 1. The Morgan fingerprint density at radius 3 is 3.15 bits per heavy atom. The molecule has 20 heavy (non-hydrogen) atoms. The molecule has 1 amide bonds. The van der Waals surface area contributed by atoms with E-state index in [-0.39, 0.29) is 5.91 Å². The zero-order valence-electron chi connectivity index (χ0n) is 12.0. The molecular formula is C15H23N3O2. The largest absolute Gasteiger partial charge is 0.381 e. The minimum absolute atomic E-state index is 0.115. The Labute approximate surface area is 120 Å². The number of hydrogen-bond donors (Lipinski definition) is 2. The molecule has 0 spiro atoms. The van der Waals surface area contributed by atoms with Gasteiger partial charge in [-0.3, -0.25) is 4.79 Å². The van der Waals surface area contributed by atoms with Gasteiger partial charge in [0.2, 0.25) is 0 Å². The van der Waals surface area contributed by atoms with E-state index in [1.807, 2.05) is 12.1 Å². The van der Waals surface area contributed by atoms with Crippen LogP contribution in [0.2, 0.25) is 0 Å². The molecule has 2 N–H and O–H groups in total. The van der Waals surface area contributed by atoms with Gasteiger partial charge >= 0.3 is 0 Å². The number of rotatable bonds is 6. The summed E-state index contributed by atoms with van der Waals surface area (Å²) in [5.74, 6) is 1.06. The first-order valence-electron chi connectivity index (χ1n) is 7.36. The fraction of sp³-hybridized carbons (Fsp3) is 0.600. The summed E-state index contributed by atoms with van der Waals surface area (Å²) in [6.45, 7) is 5.20. The van der Waals surface area contributed by atoms with Gasteiger partial charge in [0.25, 0.3) is 5.91 Å². The predicted octanol–water partition coefficient (Wildman–Crippen LogP) is 2.06. The van der Waals surface area contributed by atoms with E-state index in [2.05, 4.69) is 22.5 Å². The summed E-state index contributed by atoms with van der Waals surface area (Å²) in [5, 5.41) is 6.13. The highest BCUT2D eigenvalue weighted by molar-refractivity contribution is 5.92. The monoisotopic (exact) mass is 277 g/mol. The number of ether oxygens (including phenoxy) is 1. The Kier molecular flexibility index (Phi) is 5.80. The maximum Gasteiger partial charge on any atom is 0.269 e. The minimum Gasteiger partial charge on any atom is -0.381 e. The van der Waals surface area contributed by atoms with Crippen LogP contribution in [0.5, 0.6) is 0 Å². The van der Waals surface area contributed by atoms with Crippen LogP contribution < -0.4 is 10.6 Å². The number of carbonyl (C=O) groups is 1. The number of anilines is 1. The van der Waals surface area contributed by atoms with Gasteiger partial charge in [0.1, 0.15) is 11.5 Å². The van der Waals surface area contributed by atoms with Crippen LogP contribution in [0.4, 0.5) is 5.82 Å². The summed E-state index contributed by atoms with van der Waals surface area (Å²) in [7, 11) is 0. The molecule has 1 saturated heterocycles. The van der Waals surface area contributed by atoms with Crippen LogP contribution >= 0.6 is 0 Å². The molecule has 2 rings (SSSR count). The van der Waals surface area contributed by atoms with Gasteiger partial charge in [-0.15, -0.1) is 0 Å². The minimum atomic E-state index is -0.115. The number of aromatic nitrogens is 1. The molecule has 0 aliphatic carbocycles. The molecular weight excluding hydrogens is 254 g/mol. The van der Waals surface area contributed by atoms with Crippen LogP contribution in [0.3, 0.4) is 0 Å². The number of pyridine rings is 1. The van der Waals surface area contributed by atoms with Gasteiger partial charge in [-0.05, 0) is 37.3 Å². The van der Waals surface area contributed by atoms with Gasteiger partial charge in [-0.25, -0.2) is 4.98 Å². The smallest absolute Gasteiger partial charge is 0.269 e. The Balaban J connectivity index is 1.84. The molecule has 1 aromatic rings. The summed E-state index contributed by atoms with van der Waals surface area (Å²) in [4.78, 5) is 16.4.